The fraction of sp³-hybridized carbons (Fsp3) is 0.133. The summed E-state index contributed by atoms with van der Waals surface area (Å²) in [6.45, 7) is 1.87. The highest BCUT2D eigenvalue weighted by molar-refractivity contribution is 7.10. The van der Waals surface area contributed by atoms with Crippen molar-refractivity contribution in [2.24, 2.45) is 0 Å². The minimum atomic E-state index is -0.210. The monoisotopic (exact) mass is 307 g/mol. The quantitative estimate of drug-likeness (QED) is 0.852. The molecule has 104 valence electrons. The topological polar surface area (TPSA) is 38.3 Å². The van der Waals surface area contributed by atoms with Crippen molar-refractivity contribution < 1.29 is 9.53 Å². The van der Waals surface area contributed by atoms with Crippen molar-refractivity contribution in [1.29, 1.82) is 0 Å². The summed E-state index contributed by atoms with van der Waals surface area (Å²) >= 11 is 7.60. The van der Waals surface area contributed by atoms with E-state index in [1.165, 1.54) is 13.2 Å². The zero-order valence-electron chi connectivity index (χ0n) is 11.1. The van der Waals surface area contributed by atoms with Gasteiger partial charge in [0, 0.05) is 22.0 Å². The van der Waals surface area contributed by atoms with Gasteiger partial charge in [0.2, 0.25) is 5.91 Å². The molecule has 5 heteroatoms. The molecule has 0 saturated carbocycles. The Balaban J connectivity index is 2.13. The Bertz CT molecular complexity index is 636. The number of carbonyl (C=O) groups excluding carboxylic acids is 1. The second kappa shape index (κ2) is 6.59. The average Bonchev–Trinajstić information content (AvgIpc) is 2.93. The third kappa shape index (κ3) is 3.62. The van der Waals surface area contributed by atoms with Gasteiger partial charge in [-0.1, -0.05) is 17.7 Å². The third-order valence-corrected chi connectivity index (χ3v) is 3.93. The first-order valence-electron chi connectivity index (χ1n) is 5.97. The van der Waals surface area contributed by atoms with E-state index in [2.05, 4.69) is 5.32 Å². The van der Waals surface area contributed by atoms with Gasteiger partial charge in [-0.3, -0.25) is 4.79 Å². The summed E-state index contributed by atoms with van der Waals surface area (Å²) in [5.41, 5.74) is 1.49. The first-order chi connectivity index (χ1) is 9.60. The second-order valence-corrected chi connectivity index (χ2v) is 5.53. The van der Waals surface area contributed by atoms with Gasteiger partial charge >= 0.3 is 0 Å². The lowest BCUT2D eigenvalue weighted by molar-refractivity contribution is -0.111. The number of halogens is 1. The van der Waals surface area contributed by atoms with Crippen LogP contribution in [0.2, 0.25) is 5.02 Å². The van der Waals surface area contributed by atoms with Gasteiger partial charge < -0.3 is 10.1 Å². The number of benzene rings is 1. The smallest absolute Gasteiger partial charge is 0.248 e. The molecule has 0 fully saturated rings. The maximum absolute atomic E-state index is 11.9. The summed E-state index contributed by atoms with van der Waals surface area (Å²) in [4.78, 5) is 12.9. The van der Waals surface area contributed by atoms with Crippen LogP contribution in [0.15, 0.2) is 35.7 Å². The van der Waals surface area contributed by atoms with Crippen molar-refractivity contribution >= 4 is 40.6 Å². The van der Waals surface area contributed by atoms with Gasteiger partial charge in [-0.25, -0.2) is 0 Å². The lowest BCUT2D eigenvalue weighted by Crippen LogP contribution is -2.09. The zero-order valence-corrected chi connectivity index (χ0v) is 12.7. The Morgan fingerprint density at radius 3 is 2.90 bits per heavy atom. The Morgan fingerprint density at radius 1 is 1.45 bits per heavy atom. The third-order valence-electron chi connectivity index (χ3n) is 2.68. The molecule has 0 aliphatic heterocycles. The number of thiophene rings is 1. The Morgan fingerprint density at radius 2 is 2.25 bits per heavy atom. The van der Waals surface area contributed by atoms with Crippen LogP contribution in [0.25, 0.3) is 6.08 Å². The molecule has 1 aromatic heterocycles. The van der Waals surface area contributed by atoms with Crippen LogP contribution in [0.1, 0.15) is 10.4 Å². The molecule has 0 bridgehead atoms. The minimum absolute atomic E-state index is 0.210. The average molecular weight is 308 g/mol. The number of carbonyl (C=O) groups is 1. The number of aryl methyl sites for hydroxylation is 1. The van der Waals surface area contributed by atoms with Crippen LogP contribution in [0.5, 0.6) is 5.75 Å². The molecule has 0 radical (unpaired) electrons. The largest absolute Gasteiger partial charge is 0.495 e. The van der Waals surface area contributed by atoms with E-state index in [-0.39, 0.29) is 5.91 Å². The number of hydrogen-bond donors (Lipinski definition) is 1. The predicted octanol–water partition coefficient (Wildman–Crippen LogP) is 4.37. The van der Waals surface area contributed by atoms with Gasteiger partial charge in [0.1, 0.15) is 5.75 Å². The number of methoxy groups -OCH3 is 1. The highest BCUT2D eigenvalue weighted by Crippen LogP contribution is 2.30. The molecule has 1 aromatic carbocycles. The first kappa shape index (κ1) is 14.6. The van der Waals surface area contributed by atoms with Gasteiger partial charge in [-0.15, -0.1) is 11.3 Å². The summed E-state index contributed by atoms with van der Waals surface area (Å²) in [5, 5.41) is 5.35. The fourth-order valence-electron chi connectivity index (χ4n) is 1.65. The number of nitrogens with one attached hydrogen (secondary N) is 1. The van der Waals surface area contributed by atoms with E-state index in [4.69, 9.17) is 16.3 Å². The lowest BCUT2D eigenvalue weighted by Gasteiger charge is -2.11. The zero-order chi connectivity index (χ0) is 14.5. The van der Waals surface area contributed by atoms with E-state index >= 15 is 0 Å². The Labute approximate surface area is 126 Å². The molecule has 0 atom stereocenters. The molecule has 0 unspecified atom stereocenters. The van der Waals surface area contributed by atoms with Gasteiger partial charge in [-0.05, 0) is 36.1 Å². The van der Waals surface area contributed by atoms with Crippen molar-refractivity contribution in [1.82, 2.24) is 0 Å². The van der Waals surface area contributed by atoms with Crippen LogP contribution in [-0.4, -0.2) is 13.0 Å². The van der Waals surface area contributed by atoms with Crippen molar-refractivity contribution in [2.75, 3.05) is 12.4 Å². The van der Waals surface area contributed by atoms with E-state index in [1.807, 2.05) is 24.4 Å². The molecule has 1 heterocycles. The van der Waals surface area contributed by atoms with E-state index in [0.717, 1.165) is 10.4 Å². The van der Waals surface area contributed by atoms with Crippen LogP contribution in [-0.2, 0) is 4.79 Å². The maximum atomic E-state index is 11.9. The van der Waals surface area contributed by atoms with Crippen molar-refractivity contribution in [3.8, 4) is 5.75 Å². The van der Waals surface area contributed by atoms with Crippen LogP contribution >= 0.6 is 22.9 Å². The molecular formula is C15H14ClNO2S. The standard InChI is InChI=1S/C15H14ClNO2S/c1-10-8-13(14(19-2)9-12(10)16)17-15(18)6-5-11-4-3-7-20-11/h3-9H,1-2H3,(H,17,18)/b6-5+. The second-order valence-electron chi connectivity index (χ2n) is 4.14. The lowest BCUT2D eigenvalue weighted by atomic mass is 10.2. The van der Waals surface area contributed by atoms with Crippen LogP contribution in [0.4, 0.5) is 5.69 Å². The number of anilines is 1. The van der Waals surface area contributed by atoms with Crippen LogP contribution in [0.3, 0.4) is 0 Å². The van der Waals surface area contributed by atoms with Gasteiger partial charge in [0.15, 0.2) is 0 Å². The van der Waals surface area contributed by atoms with E-state index in [9.17, 15) is 4.79 Å². The van der Waals surface area contributed by atoms with Crippen molar-refractivity contribution in [2.45, 2.75) is 6.92 Å². The van der Waals surface area contributed by atoms with Crippen molar-refractivity contribution in [3.05, 3.63) is 51.2 Å². The molecule has 0 saturated heterocycles. The fourth-order valence-corrected chi connectivity index (χ4v) is 2.42. The molecule has 0 spiro atoms. The van der Waals surface area contributed by atoms with E-state index in [1.54, 1.807) is 29.5 Å². The van der Waals surface area contributed by atoms with Crippen LogP contribution in [0, 0.1) is 6.92 Å². The minimum Gasteiger partial charge on any atom is -0.495 e. The molecular weight excluding hydrogens is 294 g/mol. The van der Waals surface area contributed by atoms with Gasteiger partial charge in [-0.2, -0.15) is 0 Å². The van der Waals surface area contributed by atoms with Crippen LogP contribution < -0.4 is 10.1 Å². The van der Waals surface area contributed by atoms with Gasteiger partial charge in [0.05, 0.1) is 12.8 Å². The number of hydrogen-bond acceptors (Lipinski definition) is 3. The summed E-state index contributed by atoms with van der Waals surface area (Å²) < 4.78 is 5.21. The number of amides is 1. The Kier molecular flexibility index (Phi) is 4.82. The predicted molar refractivity (Wildman–Crippen MR) is 84.7 cm³/mol. The maximum Gasteiger partial charge on any atom is 0.248 e. The molecule has 1 amide bonds. The van der Waals surface area contributed by atoms with Gasteiger partial charge in [0.25, 0.3) is 0 Å². The number of ether oxygens (including phenoxy) is 1. The summed E-state index contributed by atoms with van der Waals surface area (Å²) in [7, 11) is 1.54. The summed E-state index contributed by atoms with van der Waals surface area (Å²) in [6.07, 6.45) is 3.27. The molecule has 2 rings (SSSR count). The highest BCUT2D eigenvalue weighted by atomic mass is 35.5. The molecule has 2 aromatic rings. The molecule has 20 heavy (non-hydrogen) atoms. The summed E-state index contributed by atoms with van der Waals surface area (Å²) in [6, 6.07) is 7.36. The normalized spacial score (nSPS) is 10.8. The Hall–Kier alpha value is -1.78. The molecule has 3 nitrogen and oxygen atoms in total. The molecule has 0 aliphatic rings. The first-order valence-corrected chi connectivity index (χ1v) is 7.22. The van der Waals surface area contributed by atoms with Crippen molar-refractivity contribution in [3.63, 3.8) is 0 Å². The number of rotatable bonds is 4. The highest BCUT2D eigenvalue weighted by Gasteiger charge is 2.08. The molecule has 1 N–H and O–H groups in total. The van der Waals surface area contributed by atoms with E-state index in [0.29, 0.717) is 16.5 Å². The molecule has 0 aliphatic carbocycles. The summed E-state index contributed by atoms with van der Waals surface area (Å²) in [5.74, 6) is 0.330. The SMILES string of the molecule is COc1cc(Cl)c(C)cc1NC(=O)/C=C/c1cccs1. The van der Waals surface area contributed by atoms with E-state index < -0.39 is 0 Å².